The Kier molecular flexibility index (Phi) is 4.20. The normalized spacial score (nSPS) is 12.9. The van der Waals surface area contributed by atoms with Gasteiger partial charge >= 0.3 is 6.03 Å². The average molecular weight is 334 g/mol. The molecule has 0 fully saturated rings. The van der Waals surface area contributed by atoms with Crippen LogP contribution >= 0.6 is 11.6 Å². The van der Waals surface area contributed by atoms with E-state index in [1.54, 1.807) is 21.7 Å². The summed E-state index contributed by atoms with van der Waals surface area (Å²) in [5, 5.41) is 9.89. The molecule has 0 saturated carbocycles. The number of nitrogens with one attached hydrogen (secondary N) is 2. The molecule has 120 valence electrons. The molecule has 0 saturated heterocycles. The first-order valence-electron chi connectivity index (χ1n) is 7.19. The standard InChI is InChI=1S/C15H16ClN5O2/c1-17-15(23)18-12-9-13-20(6-7-21(13)19-12)14(22)8-10-4-2-3-5-11(10)16/h2-5,9H,6-8H2,1H3,(H2,17,18,19,23). The lowest BCUT2D eigenvalue weighted by atomic mass is 10.1. The van der Waals surface area contributed by atoms with Gasteiger partial charge in [0.25, 0.3) is 0 Å². The zero-order valence-electron chi connectivity index (χ0n) is 12.5. The maximum atomic E-state index is 12.5. The molecule has 0 unspecified atom stereocenters. The minimum absolute atomic E-state index is 0.0526. The summed E-state index contributed by atoms with van der Waals surface area (Å²) in [6.07, 6.45) is 0.225. The van der Waals surface area contributed by atoms with Crippen molar-refractivity contribution in [1.82, 2.24) is 15.1 Å². The second-order valence-corrected chi connectivity index (χ2v) is 5.54. The zero-order chi connectivity index (χ0) is 16.4. The van der Waals surface area contributed by atoms with Crippen molar-refractivity contribution >= 4 is 35.2 Å². The molecule has 2 N–H and O–H groups in total. The van der Waals surface area contributed by atoms with E-state index >= 15 is 0 Å². The molecule has 0 radical (unpaired) electrons. The van der Waals surface area contributed by atoms with Crippen LogP contribution in [0.4, 0.5) is 16.4 Å². The number of anilines is 2. The number of urea groups is 1. The monoisotopic (exact) mass is 333 g/mol. The zero-order valence-corrected chi connectivity index (χ0v) is 13.3. The van der Waals surface area contributed by atoms with Crippen LogP contribution in [0.3, 0.4) is 0 Å². The fourth-order valence-electron chi connectivity index (χ4n) is 2.49. The summed E-state index contributed by atoms with van der Waals surface area (Å²) in [6.45, 7) is 1.16. The van der Waals surface area contributed by atoms with Crippen LogP contribution in [-0.2, 0) is 17.8 Å². The lowest BCUT2D eigenvalue weighted by molar-refractivity contribution is -0.117. The van der Waals surface area contributed by atoms with Crippen molar-refractivity contribution in [2.24, 2.45) is 0 Å². The molecule has 2 heterocycles. The Balaban J connectivity index is 1.75. The number of aromatic nitrogens is 2. The number of carbonyl (C=O) groups is 2. The predicted octanol–water partition coefficient (Wildman–Crippen LogP) is 1.88. The Morgan fingerprint density at radius 2 is 2.09 bits per heavy atom. The molecular formula is C15H16ClN5O2. The quantitative estimate of drug-likeness (QED) is 0.900. The van der Waals surface area contributed by atoms with Crippen LogP contribution in [0.5, 0.6) is 0 Å². The fourth-order valence-corrected chi connectivity index (χ4v) is 2.69. The van der Waals surface area contributed by atoms with Gasteiger partial charge in [-0.05, 0) is 11.6 Å². The molecule has 23 heavy (non-hydrogen) atoms. The summed E-state index contributed by atoms with van der Waals surface area (Å²) in [6, 6.07) is 8.63. The van der Waals surface area contributed by atoms with E-state index in [0.29, 0.717) is 29.7 Å². The number of rotatable bonds is 3. The number of hydrogen-bond acceptors (Lipinski definition) is 3. The summed E-state index contributed by atoms with van der Waals surface area (Å²) in [7, 11) is 1.53. The number of carbonyl (C=O) groups excluding carboxylic acids is 2. The van der Waals surface area contributed by atoms with Gasteiger partial charge in [-0.3, -0.25) is 15.0 Å². The minimum atomic E-state index is -0.351. The molecule has 0 bridgehead atoms. The Labute approximate surface area is 138 Å². The van der Waals surface area contributed by atoms with Crippen LogP contribution in [0.2, 0.25) is 5.02 Å². The highest BCUT2D eigenvalue weighted by atomic mass is 35.5. The lowest BCUT2D eigenvalue weighted by Gasteiger charge is -2.15. The first kappa shape index (κ1) is 15.4. The van der Waals surface area contributed by atoms with Gasteiger partial charge in [-0.2, -0.15) is 5.10 Å². The highest BCUT2D eigenvalue weighted by Gasteiger charge is 2.27. The number of nitrogens with zero attached hydrogens (tertiary/aromatic N) is 3. The number of fused-ring (bicyclic) bond motifs is 1. The van der Waals surface area contributed by atoms with E-state index in [0.717, 1.165) is 5.56 Å². The summed E-state index contributed by atoms with van der Waals surface area (Å²) < 4.78 is 1.70. The van der Waals surface area contributed by atoms with E-state index < -0.39 is 0 Å². The summed E-state index contributed by atoms with van der Waals surface area (Å²) in [5.74, 6) is 1.03. The van der Waals surface area contributed by atoms with Gasteiger partial charge in [0.15, 0.2) is 5.82 Å². The third-order valence-corrected chi connectivity index (χ3v) is 4.01. The first-order valence-corrected chi connectivity index (χ1v) is 7.56. The third-order valence-electron chi connectivity index (χ3n) is 3.64. The van der Waals surface area contributed by atoms with Gasteiger partial charge in [-0.1, -0.05) is 29.8 Å². The van der Waals surface area contributed by atoms with Crippen LogP contribution in [0, 0.1) is 0 Å². The van der Waals surface area contributed by atoms with Crippen LogP contribution < -0.4 is 15.5 Å². The molecule has 8 heteroatoms. The lowest BCUT2D eigenvalue weighted by Crippen LogP contribution is -2.30. The largest absolute Gasteiger partial charge is 0.341 e. The fraction of sp³-hybridized carbons (Fsp3) is 0.267. The second kappa shape index (κ2) is 6.29. The highest BCUT2D eigenvalue weighted by Crippen LogP contribution is 2.26. The summed E-state index contributed by atoms with van der Waals surface area (Å²) in [4.78, 5) is 25.5. The van der Waals surface area contributed by atoms with Gasteiger partial charge in [0.05, 0.1) is 13.0 Å². The number of hydrogen-bond donors (Lipinski definition) is 2. The van der Waals surface area contributed by atoms with Crippen LogP contribution in [0.15, 0.2) is 30.3 Å². The molecule has 7 nitrogen and oxygen atoms in total. The maximum Gasteiger partial charge on any atom is 0.320 e. The number of benzene rings is 1. The van der Waals surface area contributed by atoms with Crippen LogP contribution in [-0.4, -0.2) is 35.3 Å². The summed E-state index contributed by atoms with van der Waals surface area (Å²) in [5.41, 5.74) is 0.792. The number of halogens is 1. The van der Waals surface area contributed by atoms with Crippen molar-refractivity contribution in [2.75, 3.05) is 23.8 Å². The molecule has 1 aliphatic rings. The van der Waals surface area contributed by atoms with E-state index in [2.05, 4.69) is 15.7 Å². The van der Waals surface area contributed by atoms with Crippen molar-refractivity contribution in [2.45, 2.75) is 13.0 Å². The van der Waals surface area contributed by atoms with E-state index in [1.807, 2.05) is 18.2 Å². The molecule has 0 spiro atoms. The summed E-state index contributed by atoms with van der Waals surface area (Å²) >= 11 is 6.11. The average Bonchev–Trinajstić information content (AvgIpc) is 3.09. The van der Waals surface area contributed by atoms with Crippen LogP contribution in [0.1, 0.15) is 5.56 Å². The first-order chi connectivity index (χ1) is 11.1. The third kappa shape index (κ3) is 3.14. The Hall–Kier alpha value is -2.54. The Bertz CT molecular complexity index is 758. The van der Waals surface area contributed by atoms with Crippen molar-refractivity contribution in [3.63, 3.8) is 0 Å². The molecule has 1 aromatic heterocycles. The predicted molar refractivity (Wildman–Crippen MR) is 87.8 cm³/mol. The molecule has 2 aromatic rings. The van der Waals surface area contributed by atoms with Crippen molar-refractivity contribution in [3.8, 4) is 0 Å². The van der Waals surface area contributed by atoms with E-state index in [4.69, 9.17) is 11.6 Å². The van der Waals surface area contributed by atoms with Gasteiger partial charge in [-0.15, -0.1) is 0 Å². The van der Waals surface area contributed by atoms with Crippen LogP contribution in [0.25, 0.3) is 0 Å². The molecule has 1 aliphatic heterocycles. The molecule has 0 atom stereocenters. The van der Waals surface area contributed by atoms with E-state index in [1.165, 1.54) is 7.05 Å². The van der Waals surface area contributed by atoms with Crippen molar-refractivity contribution in [1.29, 1.82) is 0 Å². The van der Waals surface area contributed by atoms with Crippen molar-refractivity contribution in [3.05, 3.63) is 40.9 Å². The van der Waals surface area contributed by atoms with Crippen molar-refractivity contribution < 1.29 is 9.59 Å². The maximum absolute atomic E-state index is 12.5. The Morgan fingerprint density at radius 1 is 1.30 bits per heavy atom. The number of amides is 3. The minimum Gasteiger partial charge on any atom is -0.341 e. The van der Waals surface area contributed by atoms with Gasteiger partial charge in [0.1, 0.15) is 5.82 Å². The highest BCUT2D eigenvalue weighted by molar-refractivity contribution is 6.31. The van der Waals surface area contributed by atoms with Gasteiger partial charge in [0.2, 0.25) is 5.91 Å². The van der Waals surface area contributed by atoms with E-state index in [9.17, 15) is 9.59 Å². The van der Waals surface area contributed by atoms with Gasteiger partial charge in [0, 0.05) is 24.7 Å². The molecule has 3 rings (SSSR count). The van der Waals surface area contributed by atoms with Gasteiger partial charge < -0.3 is 5.32 Å². The molecule has 3 amide bonds. The molecular weight excluding hydrogens is 318 g/mol. The second-order valence-electron chi connectivity index (χ2n) is 5.13. The molecule has 0 aliphatic carbocycles. The SMILES string of the molecule is CNC(=O)Nc1cc2n(n1)CCN2C(=O)Cc1ccccc1Cl. The molecule has 1 aromatic carbocycles. The van der Waals surface area contributed by atoms with E-state index in [-0.39, 0.29) is 18.4 Å². The topological polar surface area (TPSA) is 79.3 Å². The van der Waals surface area contributed by atoms with Gasteiger partial charge in [-0.25, -0.2) is 9.48 Å². The smallest absolute Gasteiger partial charge is 0.320 e. The Morgan fingerprint density at radius 3 is 2.83 bits per heavy atom.